The number of nitrogens with zero attached hydrogens (tertiary/aromatic N) is 3. The van der Waals surface area contributed by atoms with E-state index in [0.29, 0.717) is 16.1 Å². The highest BCUT2D eigenvalue weighted by Crippen LogP contribution is 2.40. The molecule has 3 nitrogen and oxygen atoms in total. The van der Waals surface area contributed by atoms with Crippen LogP contribution in [-0.2, 0) is 0 Å². The average molecular weight is 366 g/mol. The number of hydrogen-bond donors (Lipinski definition) is 0. The second kappa shape index (κ2) is 5.92. The fraction of sp³-hybridized carbons (Fsp3) is 0.625. The van der Waals surface area contributed by atoms with Crippen molar-refractivity contribution in [3.8, 4) is 0 Å². The SMILES string of the molecule is BrC1CCC2SC(c3ccc(N4CCCC4)nc3)=N[C@@H]2C1. The molecule has 3 atom stereocenters. The average Bonchev–Trinajstić information content (AvgIpc) is 3.16. The van der Waals surface area contributed by atoms with E-state index in [-0.39, 0.29) is 0 Å². The zero-order chi connectivity index (χ0) is 14.2. The smallest absolute Gasteiger partial charge is 0.128 e. The zero-order valence-corrected chi connectivity index (χ0v) is 14.4. The summed E-state index contributed by atoms with van der Waals surface area (Å²) in [5.74, 6) is 1.12. The Morgan fingerprint density at radius 3 is 2.81 bits per heavy atom. The fourth-order valence-electron chi connectivity index (χ4n) is 3.46. The summed E-state index contributed by atoms with van der Waals surface area (Å²) in [6.45, 7) is 2.30. The molecule has 1 saturated heterocycles. The van der Waals surface area contributed by atoms with Crippen LogP contribution in [-0.4, -0.2) is 39.2 Å². The molecule has 3 heterocycles. The Morgan fingerprint density at radius 2 is 2.05 bits per heavy atom. The number of alkyl halides is 1. The maximum absolute atomic E-state index is 4.95. The molecule has 112 valence electrons. The fourth-order valence-corrected chi connectivity index (χ4v) is 5.43. The zero-order valence-electron chi connectivity index (χ0n) is 12.0. The topological polar surface area (TPSA) is 28.5 Å². The lowest BCUT2D eigenvalue weighted by Crippen LogP contribution is -2.27. The van der Waals surface area contributed by atoms with Gasteiger partial charge in [-0.05, 0) is 44.2 Å². The van der Waals surface area contributed by atoms with Crippen molar-refractivity contribution in [2.24, 2.45) is 4.99 Å². The Balaban J connectivity index is 1.50. The molecule has 0 aromatic carbocycles. The molecule has 1 saturated carbocycles. The maximum Gasteiger partial charge on any atom is 0.128 e. The Hall–Kier alpha value is -0.550. The maximum atomic E-state index is 4.95. The van der Waals surface area contributed by atoms with Crippen LogP contribution in [0.1, 0.15) is 37.7 Å². The van der Waals surface area contributed by atoms with E-state index in [4.69, 9.17) is 4.99 Å². The first-order chi connectivity index (χ1) is 10.3. The molecule has 1 aromatic rings. The monoisotopic (exact) mass is 365 g/mol. The normalized spacial score (nSPS) is 32.1. The van der Waals surface area contributed by atoms with Crippen LogP contribution in [0.5, 0.6) is 0 Å². The number of pyridine rings is 1. The van der Waals surface area contributed by atoms with Gasteiger partial charge in [0.1, 0.15) is 5.82 Å². The Bertz CT molecular complexity index is 539. The molecular weight excluding hydrogens is 346 g/mol. The second-order valence-electron chi connectivity index (χ2n) is 6.17. The van der Waals surface area contributed by atoms with Gasteiger partial charge in [-0.25, -0.2) is 4.98 Å². The standard InChI is InChI=1S/C16H20BrN3S/c17-12-4-5-14-13(9-12)19-16(21-14)11-3-6-15(18-10-11)20-7-1-2-8-20/h3,6,10,12-14H,1-2,4-5,7-9H2/t12?,13-,14?/m1/s1. The van der Waals surface area contributed by atoms with Crippen LogP contribution in [0.2, 0.25) is 0 Å². The lowest BCUT2D eigenvalue weighted by atomic mass is 9.95. The minimum Gasteiger partial charge on any atom is -0.357 e. The van der Waals surface area contributed by atoms with Crippen LogP contribution >= 0.6 is 27.7 Å². The summed E-state index contributed by atoms with van der Waals surface area (Å²) in [5.41, 5.74) is 1.20. The first-order valence-electron chi connectivity index (χ1n) is 7.89. The van der Waals surface area contributed by atoms with Crippen LogP contribution in [0.15, 0.2) is 23.3 Å². The van der Waals surface area contributed by atoms with E-state index >= 15 is 0 Å². The van der Waals surface area contributed by atoms with Gasteiger partial charge in [-0.1, -0.05) is 15.9 Å². The van der Waals surface area contributed by atoms with E-state index in [0.717, 1.165) is 18.9 Å². The van der Waals surface area contributed by atoms with Gasteiger partial charge < -0.3 is 4.90 Å². The van der Waals surface area contributed by atoms with Crippen LogP contribution < -0.4 is 4.90 Å². The van der Waals surface area contributed by atoms with Crippen molar-refractivity contribution in [1.29, 1.82) is 0 Å². The summed E-state index contributed by atoms with van der Waals surface area (Å²) in [5, 5.41) is 1.89. The van der Waals surface area contributed by atoms with E-state index < -0.39 is 0 Å². The molecule has 2 unspecified atom stereocenters. The van der Waals surface area contributed by atoms with Gasteiger partial charge in [0, 0.05) is 34.9 Å². The number of hydrogen-bond acceptors (Lipinski definition) is 4. The molecule has 3 aliphatic rings. The number of anilines is 1. The number of rotatable bonds is 2. The van der Waals surface area contributed by atoms with Gasteiger partial charge in [-0.3, -0.25) is 4.99 Å². The molecule has 4 rings (SSSR count). The third-order valence-corrected chi connectivity index (χ3v) is 6.91. The van der Waals surface area contributed by atoms with E-state index in [1.54, 1.807) is 0 Å². The quantitative estimate of drug-likeness (QED) is 0.745. The van der Waals surface area contributed by atoms with Crippen molar-refractivity contribution in [1.82, 2.24) is 4.98 Å². The molecule has 1 aliphatic carbocycles. The van der Waals surface area contributed by atoms with Crippen molar-refractivity contribution in [3.63, 3.8) is 0 Å². The number of fused-ring (bicyclic) bond motifs is 1. The van der Waals surface area contributed by atoms with Crippen molar-refractivity contribution in [2.45, 2.75) is 48.2 Å². The van der Waals surface area contributed by atoms with Crippen LogP contribution in [0.3, 0.4) is 0 Å². The Morgan fingerprint density at radius 1 is 1.19 bits per heavy atom. The highest BCUT2D eigenvalue weighted by atomic mass is 79.9. The molecule has 0 N–H and O–H groups in total. The number of aliphatic imine (C=N–C) groups is 1. The van der Waals surface area contributed by atoms with Gasteiger partial charge in [-0.2, -0.15) is 0 Å². The highest BCUT2D eigenvalue weighted by Gasteiger charge is 2.35. The van der Waals surface area contributed by atoms with Crippen molar-refractivity contribution in [2.75, 3.05) is 18.0 Å². The molecule has 21 heavy (non-hydrogen) atoms. The van der Waals surface area contributed by atoms with Gasteiger partial charge >= 0.3 is 0 Å². The van der Waals surface area contributed by atoms with Gasteiger partial charge in [0.25, 0.3) is 0 Å². The molecule has 2 aliphatic heterocycles. The molecule has 1 aromatic heterocycles. The highest BCUT2D eigenvalue weighted by molar-refractivity contribution is 9.09. The van der Waals surface area contributed by atoms with Crippen molar-refractivity contribution >= 4 is 38.6 Å². The minimum atomic E-state index is 0.501. The molecule has 0 bridgehead atoms. The molecule has 0 radical (unpaired) electrons. The van der Waals surface area contributed by atoms with Gasteiger partial charge in [0.2, 0.25) is 0 Å². The summed E-state index contributed by atoms with van der Waals surface area (Å²) >= 11 is 5.72. The third-order valence-electron chi connectivity index (χ3n) is 4.66. The van der Waals surface area contributed by atoms with E-state index in [1.807, 2.05) is 18.0 Å². The predicted molar refractivity (Wildman–Crippen MR) is 94.0 cm³/mol. The van der Waals surface area contributed by atoms with E-state index in [1.165, 1.54) is 42.7 Å². The van der Waals surface area contributed by atoms with Crippen LogP contribution in [0, 0.1) is 0 Å². The molecular formula is C16H20BrN3S. The summed E-state index contributed by atoms with van der Waals surface area (Å²) < 4.78 is 0. The second-order valence-corrected chi connectivity index (χ2v) is 8.69. The van der Waals surface area contributed by atoms with Gasteiger partial charge in [0.15, 0.2) is 0 Å². The van der Waals surface area contributed by atoms with Crippen molar-refractivity contribution < 1.29 is 0 Å². The number of thioether (sulfide) groups is 1. The largest absolute Gasteiger partial charge is 0.357 e. The number of aromatic nitrogens is 1. The van der Waals surface area contributed by atoms with Gasteiger partial charge in [-0.15, -0.1) is 11.8 Å². The van der Waals surface area contributed by atoms with E-state index in [9.17, 15) is 0 Å². The predicted octanol–water partition coefficient (Wildman–Crippen LogP) is 3.86. The minimum absolute atomic E-state index is 0.501. The molecule has 0 amide bonds. The first kappa shape index (κ1) is 14.1. The van der Waals surface area contributed by atoms with E-state index in [2.05, 4.69) is 37.9 Å². The number of halogens is 1. The molecule has 0 spiro atoms. The van der Waals surface area contributed by atoms with Crippen LogP contribution in [0.25, 0.3) is 0 Å². The first-order valence-corrected chi connectivity index (χ1v) is 9.69. The Labute approximate surface area is 138 Å². The van der Waals surface area contributed by atoms with Gasteiger partial charge in [0.05, 0.1) is 11.1 Å². The third kappa shape index (κ3) is 2.87. The van der Waals surface area contributed by atoms with Crippen molar-refractivity contribution in [3.05, 3.63) is 23.9 Å². The summed E-state index contributed by atoms with van der Waals surface area (Å²) in [4.78, 5) is 12.6. The lowest BCUT2D eigenvalue weighted by molar-refractivity contribution is 0.477. The summed E-state index contributed by atoms with van der Waals surface area (Å²) in [6.07, 6.45) is 8.34. The summed E-state index contributed by atoms with van der Waals surface area (Å²) in [7, 11) is 0. The lowest BCUT2D eigenvalue weighted by Gasteiger charge is -2.25. The molecule has 5 heteroatoms. The summed E-state index contributed by atoms with van der Waals surface area (Å²) in [6, 6.07) is 4.87. The Kier molecular flexibility index (Phi) is 3.96. The molecule has 2 fully saturated rings. The van der Waals surface area contributed by atoms with Crippen LogP contribution in [0.4, 0.5) is 5.82 Å².